The standard InChI is InChI=1S/C20H28N2O4S/c1-11-12(2)27-19(16(11)18(24)21-13-7-3-4-8-13)22-17(23)14-9-5-6-10-15(14)20(25)26/h13-15H,3-10H2,1-2H3,(H,21,24)(H,22,23)(H,25,26)/t14-,15-/m1/s1. The lowest BCUT2D eigenvalue weighted by Crippen LogP contribution is -2.37. The number of carboxylic acids is 1. The average Bonchev–Trinajstić information content (AvgIpc) is 3.23. The average molecular weight is 393 g/mol. The number of anilines is 1. The third-order valence-electron chi connectivity index (χ3n) is 5.96. The molecule has 2 atom stereocenters. The number of amides is 2. The Morgan fingerprint density at radius 1 is 0.963 bits per heavy atom. The molecule has 2 fully saturated rings. The lowest BCUT2D eigenvalue weighted by Gasteiger charge is -2.27. The maximum absolute atomic E-state index is 12.8. The molecule has 2 aliphatic rings. The van der Waals surface area contributed by atoms with E-state index in [1.807, 2.05) is 13.8 Å². The van der Waals surface area contributed by atoms with Gasteiger partial charge in [0.2, 0.25) is 5.91 Å². The molecule has 0 radical (unpaired) electrons. The third-order valence-corrected chi connectivity index (χ3v) is 7.08. The van der Waals surface area contributed by atoms with Gasteiger partial charge in [-0.3, -0.25) is 14.4 Å². The van der Waals surface area contributed by atoms with Gasteiger partial charge in [-0.05, 0) is 45.1 Å². The van der Waals surface area contributed by atoms with Crippen LogP contribution in [0.2, 0.25) is 0 Å². The maximum atomic E-state index is 12.8. The summed E-state index contributed by atoms with van der Waals surface area (Å²) in [4.78, 5) is 38.2. The predicted octanol–water partition coefficient (Wildman–Crippen LogP) is 3.87. The Balaban J connectivity index is 1.77. The molecule has 1 aromatic heterocycles. The highest BCUT2D eigenvalue weighted by molar-refractivity contribution is 7.16. The van der Waals surface area contributed by atoms with Crippen LogP contribution in [0.25, 0.3) is 0 Å². The summed E-state index contributed by atoms with van der Waals surface area (Å²) in [5, 5.41) is 16.0. The molecule has 1 heterocycles. The molecule has 0 aliphatic heterocycles. The summed E-state index contributed by atoms with van der Waals surface area (Å²) in [5.74, 6) is -2.51. The monoisotopic (exact) mass is 392 g/mol. The minimum atomic E-state index is -0.910. The first-order valence-corrected chi connectivity index (χ1v) is 10.6. The van der Waals surface area contributed by atoms with Gasteiger partial charge in [0.25, 0.3) is 5.91 Å². The number of hydrogen-bond acceptors (Lipinski definition) is 4. The molecule has 6 nitrogen and oxygen atoms in total. The highest BCUT2D eigenvalue weighted by atomic mass is 32.1. The molecule has 0 aromatic carbocycles. The molecule has 7 heteroatoms. The van der Waals surface area contributed by atoms with E-state index in [0.29, 0.717) is 23.4 Å². The third kappa shape index (κ3) is 4.34. The van der Waals surface area contributed by atoms with E-state index in [4.69, 9.17) is 0 Å². The van der Waals surface area contributed by atoms with E-state index in [1.165, 1.54) is 11.3 Å². The zero-order valence-corrected chi connectivity index (χ0v) is 16.8. The number of carboxylic acid groups (broad SMARTS) is 1. The predicted molar refractivity (Wildman–Crippen MR) is 105 cm³/mol. The SMILES string of the molecule is Cc1sc(NC(=O)[C@@H]2CCCC[C@H]2C(=O)O)c(C(=O)NC2CCCC2)c1C. The highest BCUT2D eigenvalue weighted by Gasteiger charge is 2.36. The van der Waals surface area contributed by atoms with Crippen molar-refractivity contribution < 1.29 is 19.5 Å². The quantitative estimate of drug-likeness (QED) is 0.709. The van der Waals surface area contributed by atoms with Crippen LogP contribution in [-0.2, 0) is 9.59 Å². The molecular weight excluding hydrogens is 364 g/mol. The maximum Gasteiger partial charge on any atom is 0.307 e. The van der Waals surface area contributed by atoms with Crippen LogP contribution in [-0.4, -0.2) is 28.9 Å². The van der Waals surface area contributed by atoms with Crippen LogP contribution in [0, 0.1) is 25.7 Å². The second-order valence-corrected chi connectivity index (χ2v) is 8.99. The minimum Gasteiger partial charge on any atom is -0.481 e. The Morgan fingerprint density at radius 3 is 2.19 bits per heavy atom. The number of carbonyl (C=O) groups is 3. The van der Waals surface area contributed by atoms with Crippen molar-refractivity contribution in [3.05, 3.63) is 16.0 Å². The van der Waals surface area contributed by atoms with E-state index < -0.39 is 17.8 Å². The topological polar surface area (TPSA) is 95.5 Å². The van der Waals surface area contributed by atoms with Gasteiger partial charge in [-0.1, -0.05) is 25.7 Å². The molecule has 2 aliphatic carbocycles. The van der Waals surface area contributed by atoms with Crippen molar-refractivity contribution in [2.45, 2.75) is 71.3 Å². The molecular formula is C20H28N2O4S. The number of thiophene rings is 1. The van der Waals surface area contributed by atoms with Crippen molar-refractivity contribution in [3.63, 3.8) is 0 Å². The Labute approximate surface area is 163 Å². The number of carbonyl (C=O) groups excluding carboxylic acids is 2. The first kappa shape index (κ1) is 19.9. The van der Waals surface area contributed by atoms with Crippen molar-refractivity contribution in [2.75, 3.05) is 5.32 Å². The van der Waals surface area contributed by atoms with Gasteiger partial charge in [0.05, 0.1) is 17.4 Å². The number of aliphatic carboxylic acids is 1. The highest BCUT2D eigenvalue weighted by Crippen LogP contribution is 2.36. The zero-order valence-electron chi connectivity index (χ0n) is 16.0. The Bertz CT molecular complexity index is 737. The summed E-state index contributed by atoms with van der Waals surface area (Å²) >= 11 is 1.39. The smallest absolute Gasteiger partial charge is 0.307 e. The molecule has 27 heavy (non-hydrogen) atoms. The van der Waals surface area contributed by atoms with E-state index >= 15 is 0 Å². The van der Waals surface area contributed by atoms with Gasteiger partial charge in [0.15, 0.2) is 0 Å². The van der Waals surface area contributed by atoms with Crippen LogP contribution < -0.4 is 10.6 Å². The summed E-state index contributed by atoms with van der Waals surface area (Å²) < 4.78 is 0. The molecule has 3 rings (SSSR count). The van der Waals surface area contributed by atoms with Crippen LogP contribution in [0.15, 0.2) is 0 Å². The van der Waals surface area contributed by atoms with Gasteiger partial charge in [-0.2, -0.15) is 0 Å². The first-order valence-electron chi connectivity index (χ1n) is 9.83. The van der Waals surface area contributed by atoms with Gasteiger partial charge in [-0.25, -0.2) is 0 Å². The number of rotatable bonds is 5. The van der Waals surface area contributed by atoms with Crippen molar-refractivity contribution in [3.8, 4) is 0 Å². The Morgan fingerprint density at radius 2 is 1.56 bits per heavy atom. The fraction of sp³-hybridized carbons (Fsp3) is 0.650. The fourth-order valence-electron chi connectivity index (χ4n) is 4.26. The largest absolute Gasteiger partial charge is 0.481 e. The van der Waals surface area contributed by atoms with Gasteiger partial charge in [0, 0.05) is 10.9 Å². The summed E-state index contributed by atoms with van der Waals surface area (Å²) in [6.45, 7) is 3.83. The van der Waals surface area contributed by atoms with Crippen molar-refractivity contribution in [1.29, 1.82) is 0 Å². The van der Waals surface area contributed by atoms with E-state index in [2.05, 4.69) is 10.6 Å². The van der Waals surface area contributed by atoms with E-state index in [0.717, 1.165) is 49.0 Å². The zero-order chi connectivity index (χ0) is 19.6. The van der Waals surface area contributed by atoms with Crippen molar-refractivity contribution in [2.24, 2.45) is 11.8 Å². The minimum absolute atomic E-state index is 0.141. The fourth-order valence-corrected chi connectivity index (χ4v) is 5.32. The van der Waals surface area contributed by atoms with E-state index in [1.54, 1.807) is 0 Å². The van der Waals surface area contributed by atoms with Crippen LogP contribution in [0.5, 0.6) is 0 Å². The Hall–Kier alpha value is -1.89. The van der Waals surface area contributed by atoms with Crippen molar-refractivity contribution >= 4 is 34.1 Å². The molecule has 0 bridgehead atoms. The molecule has 0 saturated heterocycles. The van der Waals surface area contributed by atoms with Crippen LogP contribution in [0.4, 0.5) is 5.00 Å². The molecule has 0 unspecified atom stereocenters. The number of aryl methyl sites for hydroxylation is 1. The molecule has 2 amide bonds. The molecule has 148 valence electrons. The number of hydrogen-bond donors (Lipinski definition) is 3. The molecule has 2 saturated carbocycles. The molecule has 3 N–H and O–H groups in total. The van der Waals surface area contributed by atoms with Crippen LogP contribution >= 0.6 is 11.3 Å². The molecule has 1 aromatic rings. The summed E-state index contributed by atoms with van der Waals surface area (Å²) in [7, 11) is 0. The second-order valence-electron chi connectivity index (χ2n) is 7.77. The van der Waals surface area contributed by atoms with Gasteiger partial charge in [0.1, 0.15) is 5.00 Å². The number of nitrogens with one attached hydrogen (secondary N) is 2. The van der Waals surface area contributed by atoms with Gasteiger partial charge >= 0.3 is 5.97 Å². The van der Waals surface area contributed by atoms with Crippen LogP contribution in [0.3, 0.4) is 0 Å². The van der Waals surface area contributed by atoms with Gasteiger partial charge in [-0.15, -0.1) is 11.3 Å². The van der Waals surface area contributed by atoms with Gasteiger partial charge < -0.3 is 15.7 Å². The van der Waals surface area contributed by atoms with Crippen molar-refractivity contribution in [1.82, 2.24) is 5.32 Å². The first-order chi connectivity index (χ1) is 12.9. The normalized spacial score (nSPS) is 23.2. The lowest BCUT2D eigenvalue weighted by atomic mass is 9.79. The van der Waals surface area contributed by atoms with E-state index in [9.17, 15) is 19.5 Å². The second kappa shape index (κ2) is 8.42. The van der Waals surface area contributed by atoms with Crippen LogP contribution in [0.1, 0.15) is 72.2 Å². The van der Waals surface area contributed by atoms with E-state index in [-0.39, 0.29) is 17.9 Å². The molecule has 0 spiro atoms. The lowest BCUT2D eigenvalue weighted by molar-refractivity contribution is -0.147. The summed E-state index contributed by atoms with van der Waals surface area (Å²) in [6.07, 6.45) is 7.08. The summed E-state index contributed by atoms with van der Waals surface area (Å²) in [5.41, 5.74) is 1.41. The summed E-state index contributed by atoms with van der Waals surface area (Å²) in [6, 6.07) is 0.204. The Kier molecular flexibility index (Phi) is 6.19.